The van der Waals surface area contributed by atoms with E-state index in [4.69, 9.17) is 4.74 Å². The van der Waals surface area contributed by atoms with Crippen molar-refractivity contribution in [1.82, 2.24) is 0 Å². The first-order valence-corrected chi connectivity index (χ1v) is 5.99. The van der Waals surface area contributed by atoms with Gasteiger partial charge in [-0.15, -0.1) is 0 Å². The Labute approximate surface area is 117 Å². The van der Waals surface area contributed by atoms with Gasteiger partial charge < -0.3 is 33.2 Å². The van der Waals surface area contributed by atoms with Crippen LogP contribution in [0.1, 0.15) is 39.5 Å². The van der Waals surface area contributed by atoms with Crippen LogP contribution >= 0.6 is 0 Å². The van der Waals surface area contributed by atoms with Crippen LogP contribution in [-0.4, -0.2) is 44.2 Å². The highest BCUT2D eigenvalue weighted by molar-refractivity contribution is 5.68. The van der Waals surface area contributed by atoms with Gasteiger partial charge in [-0.2, -0.15) is 0 Å². The molecule has 0 aliphatic rings. The average Bonchev–Trinajstić information content (AvgIpc) is 2.21. The highest BCUT2D eigenvalue weighted by atomic mass is 127. The second-order valence-corrected chi connectivity index (χ2v) is 4.66. The first-order chi connectivity index (χ1) is 7.02. The zero-order valence-corrected chi connectivity index (χ0v) is 13.2. The van der Waals surface area contributed by atoms with E-state index in [2.05, 4.69) is 21.0 Å². The third kappa shape index (κ3) is 10.7. The van der Waals surface area contributed by atoms with Gasteiger partial charge in [0.05, 0.1) is 33.8 Å². The predicted molar refractivity (Wildman–Crippen MR) is 62.6 cm³/mol. The lowest BCUT2D eigenvalue weighted by Gasteiger charge is -2.29. The molecule has 0 aromatic carbocycles. The van der Waals surface area contributed by atoms with Crippen molar-refractivity contribution in [2.75, 3.05) is 33.8 Å². The second kappa shape index (κ2) is 10.3. The lowest BCUT2D eigenvalue weighted by atomic mass is 10.2. The molecule has 0 aliphatic heterocycles. The summed E-state index contributed by atoms with van der Waals surface area (Å²) in [7, 11) is 4.47. The summed E-state index contributed by atoms with van der Waals surface area (Å²) in [6.45, 7) is 6.89. The maximum absolute atomic E-state index is 10.9. The lowest BCUT2D eigenvalue weighted by Crippen LogP contribution is -3.00. The van der Waals surface area contributed by atoms with Gasteiger partial charge in [0.2, 0.25) is 0 Å². The molecule has 0 aromatic rings. The summed E-state index contributed by atoms with van der Waals surface area (Å²) in [6.07, 6.45) is 3.95. The van der Waals surface area contributed by atoms with E-state index in [1.165, 1.54) is 19.4 Å². The summed E-state index contributed by atoms with van der Waals surface area (Å²) in [5.74, 6) is -0.0890. The molecule has 0 radical (unpaired) electrons. The SMILES string of the molecule is CCCC[N+](C)(C)CCCOC(=O)CC.[I-]. The van der Waals surface area contributed by atoms with Crippen molar-refractivity contribution in [3.63, 3.8) is 0 Å². The maximum Gasteiger partial charge on any atom is 0.305 e. The van der Waals surface area contributed by atoms with Gasteiger partial charge in [0.15, 0.2) is 0 Å². The molecule has 0 unspecified atom stereocenters. The molecular weight excluding hydrogens is 317 g/mol. The zero-order valence-electron chi connectivity index (χ0n) is 11.1. The Balaban J connectivity index is 0. The molecule has 0 spiro atoms. The zero-order chi connectivity index (χ0) is 11.7. The molecule has 0 heterocycles. The predicted octanol–water partition coefficient (Wildman–Crippen LogP) is -0.790. The van der Waals surface area contributed by atoms with Crippen molar-refractivity contribution < 1.29 is 38.0 Å². The molecule has 98 valence electrons. The maximum atomic E-state index is 10.9. The first kappa shape index (κ1) is 18.5. The number of hydrogen-bond acceptors (Lipinski definition) is 2. The lowest BCUT2D eigenvalue weighted by molar-refractivity contribution is -0.890. The number of rotatable bonds is 8. The number of esters is 1. The minimum absolute atomic E-state index is 0. The van der Waals surface area contributed by atoms with Gasteiger partial charge in [0, 0.05) is 12.8 Å². The van der Waals surface area contributed by atoms with Crippen molar-refractivity contribution in [2.45, 2.75) is 39.5 Å². The third-order valence-corrected chi connectivity index (χ3v) is 2.58. The Morgan fingerprint density at radius 2 is 1.69 bits per heavy atom. The van der Waals surface area contributed by atoms with Crippen LogP contribution in [0.2, 0.25) is 0 Å². The second-order valence-electron chi connectivity index (χ2n) is 4.66. The Kier molecular flexibility index (Phi) is 12.0. The van der Waals surface area contributed by atoms with Crippen molar-refractivity contribution in [3.05, 3.63) is 0 Å². The van der Waals surface area contributed by atoms with Crippen LogP contribution in [-0.2, 0) is 9.53 Å². The highest BCUT2D eigenvalue weighted by Gasteiger charge is 2.13. The molecule has 0 N–H and O–H groups in total. The molecule has 3 nitrogen and oxygen atoms in total. The quantitative estimate of drug-likeness (QED) is 0.250. The fourth-order valence-electron chi connectivity index (χ4n) is 1.48. The number of unbranched alkanes of at least 4 members (excludes halogenated alkanes) is 1. The van der Waals surface area contributed by atoms with Crippen LogP contribution in [0, 0.1) is 0 Å². The Morgan fingerprint density at radius 1 is 1.12 bits per heavy atom. The number of nitrogens with zero attached hydrogens (tertiary/aromatic N) is 1. The molecule has 0 rings (SSSR count). The Morgan fingerprint density at radius 3 is 2.19 bits per heavy atom. The standard InChI is InChI=1S/C12H26NO2.HI/c1-5-7-9-13(3,4)10-8-11-15-12(14)6-2;/h5-11H2,1-4H3;1H/q+1;/p-1. The van der Waals surface area contributed by atoms with Gasteiger partial charge in [-0.05, 0) is 6.42 Å². The molecular formula is C12H26INO2. The van der Waals surface area contributed by atoms with Gasteiger partial charge in [-0.1, -0.05) is 20.3 Å². The molecule has 0 aliphatic carbocycles. The normalized spacial score (nSPS) is 10.8. The van der Waals surface area contributed by atoms with Crippen LogP contribution in [0.4, 0.5) is 0 Å². The van der Waals surface area contributed by atoms with Crippen LogP contribution in [0.25, 0.3) is 0 Å². The van der Waals surface area contributed by atoms with Crippen molar-refractivity contribution in [2.24, 2.45) is 0 Å². The van der Waals surface area contributed by atoms with Gasteiger partial charge in [-0.25, -0.2) is 0 Å². The summed E-state index contributed by atoms with van der Waals surface area (Å²) in [5, 5.41) is 0. The van der Waals surface area contributed by atoms with E-state index in [1.807, 2.05) is 6.92 Å². The smallest absolute Gasteiger partial charge is 0.305 e. The molecule has 0 fully saturated rings. The van der Waals surface area contributed by atoms with Crippen LogP contribution in [0.3, 0.4) is 0 Å². The van der Waals surface area contributed by atoms with Gasteiger partial charge in [0.25, 0.3) is 0 Å². The number of halogens is 1. The van der Waals surface area contributed by atoms with E-state index >= 15 is 0 Å². The van der Waals surface area contributed by atoms with Gasteiger partial charge >= 0.3 is 5.97 Å². The van der Waals surface area contributed by atoms with E-state index < -0.39 is 0 Å². The number of ether oxygens (including phenoxy) is 1. The van der Waals surface area contributed by atoms with Gasteiger partial charge in [0.1, 0.15) is 0 Å². The molecule has 4 heteroatoms. The summed E-state index contributed by atoms with van der Waals surface area (Å²) >= 11 is 0. The third-order valence-electron chi connectivity index (χ3n) is 2.58. The molecule has 0 amide bonds. The Hall–Kier alpha value is 0.160. The monoisotopic (exact) mass is 343 g/mol. The largest absolute Gasteiger partial charge is 1.00 e. The topological polar surface area (TPSA) is 26.3 Å². The Bertz CT molecular complexity index is 184. The minimum atomic E-state index is -0.0890. The molecule has 0 aromatic heterocycles. The average molecular weight is 343 g/mol. The van der Waals surface area contributed by atoms with Crippen LogP contribution < -0.4 is 24.0 Å². The summed E-state index contributed by atoms with van der Waals surface area (Å²) in [6, 6.07) is 0. The minimum Gasteiger partial charge on any atom is -1.00 e. The molecule has 0 saturated carbocycles. The van der Waals surface area contributed by atoms with E-state index in [0.29, 0.717) is 13.0 Å². The van der Waals surface area contributed by atoms with Gasteiger partial charge in [-0.3, -0.25) is 4.79 Å². The van der Waals surface area contributed by atoms with E-state index in [9.17, 15) is 4.79 Å². The summed E-state index contributed by atoms with van der Waals surface area (Å²) in [4.78, 5) is 10.9. The fourth-order valence-corrected chi connectivity index (χ4v) is 1.48. The number of carbonyl (C=O) groups is 1. The first-order valence-electron chi connectivity index (χ1n) is 5.99. The molecule has 16 heavy (non-hydrogen) atoms. The summed E-state index contributed by atoms with van der Waals surface area (Å²) in [5.41, 5.74) is 0. The van der Waals surface area contributed by atoms with Crippen molar-refractivity contribution in [3.8, 4) is 0 Å². The molecule has 0 bridgehead atoms. The van der Waals surface area contributed by atoms with E-state index in [1.54, 1.807) is 0 Å². The fraction of sp³-hybridized carbons (Fsp3) is 0.917. The van der Waals surface area contributed by atoms with Crippen molar-refractivity contribution in [1.29, 1.82) is 0 Å². The highest BCUT2D eigenvalue weighted by Crippen LogP contribution is 2.03. The number of hydrogen-bond donors (Lipinski definition) is 0. The van der Waals surface area contributed by atoms with E-state index in [0.717, 1.165) is 17.4 Å². The number of carbonyl (C=O) groups excluding carboxylic acids is 1. The molecule has 0 atom stereocenters. The molecule has 0 saturated heterocycles. The van der Waals surface area contributed by atoms with E-state index in [-0.39, 0.29) is 29.9 Å². The number of quaternary nitrogens is 1. The van der Waals surface area contributed by atoms with Crippen LogP contribution in [0.15, 0.2) is 0 Å². The van der Waals surface area contributed by atoms with Crippen LogP contribution in [0.5, 0.6) is 0 Å². The van der Waals surface area contributed by atoms with Crippen molar-refractivity contribution >= 4 is 5.97 Å². The summed E-state index contributed by atoms with van der Waals surface area (Å²) < 4.78 is 6.07.